The van der Waals surface area contributed by atoms with E-state index in [2.05, 4.69) is 24.1 Å². The second-order valence-electron chi connectivity index (χ2n) is 4.18. The Morgan fingerprint density at radius 2 is 2.11 bits per heavy atom. The first-order valence-electron chi connectivity index (χ1n) is 6.58. The lowest BCUT2D eigenvalue weighted by Crippen LogP contribution is -2.16. The van der Waals surface area contributed by atoms with Gasteiger partial charge in [-0.05, 0) is 25.0 Å². The van der Waals surface area contributed by atoms with E-state index >= 15 is 0 Å². The van der Waals surface area contributed by atoms with Crippen LogP contribution in [0.5, 0.6) is 0 Å². The molecule has 0 aliphatic carbocycles. The molecule has 100 valence electrons. The van der Waals surface area contributed by atoms with Crippen LogP contribution in [0.3, 0.4) is 0 Å². The van der Waals surface area contributed by atoms with E-state index in [1.54, 1.807) is 25.3 Å². The summed E-state index contributed by atoms with van der Waals surface area (Å²) in [6, 6.07) is 3.48. The molecule has 1 heterocycles. The number of rotatable bonds is 7. The Morgan fingerprint density at radius 1 is 1.39 bits per heavy atom. The van der Waals surface area contributed by atoms with Gasteiger partial charge in [0.1, 0.15) is 11.4 Å². The minimum Gasteiger partial charge on any atom is -0.462 e. The maximum absolute atomic E-state index is 11.7. The summed E-state index contributed by atoms with van der Waals surface area (Å²) in [6.45, 7) is 7.34. The van der Waals surface area contributed by atoms with Gasteiger partial charge in [0.2, 0.25) is 0 Å². The van der Waals surface area contributed by atoms with Gasteiger partial charge >= 0.3 is 5.97 Å². The zero-order chi connectivity index (χ0) is 13.4. The fourth-order valence-corrected chi connectivity index (χ4v) is 1.74. The molecule has 4 heteroatoms. The van der Waals surface area contributed by atoms with Gasteiger partial charge in [-0.3, -0.25) is 0 Å². The highest BCUT2D eigenvalue weighted by Gasteiger charge is 2.13. The quantitative estimate of drug-likeness (QED) is 0.755. The first-order chi connectivity index (χ1) is 8.72. The molecule has 4 nitrogen and oxygen atoms in total. The first-order valence-corrected chi connectivity index (χ1v) is 6.58. The summed E-state index contributed by atoms with van der Waals surface area (Å²) in [4.78, 5) is 16.0. The van der Waals surface area contributed by atoms with E-state index in [-0.39, 0.29) is 5.97 Å². The Hall–Kier alpha value is -1.58. The molecule has 0 aromatic carbocycles. The standard InChI is InChI=1S/C14H22N2O2/c1-4-11(5-2)10-16-13-12(8-7-9-15-13)14(17)18-6-3/h7-9,11H,4-6,10H2,1-3H3,(H,15,16). The molecule has 18 heavy (non-hydrogen) atoms. The van der Waals surface area contributed by atoms with E-state index in [9.17, 15) is 4.79 Å². The fourth-order valence-electron chi connectivity index (χ4n) is 1.74. The van der Waals surface area contributed by atoms with Crippen molar-refractivity contribution in [3.05, 3.63) is 23.9 Å². The molecule has 0 bridgehead atoms. The highest BCUT2D eigenvalue weighted by atomic mass is 16.5. The van der Waals surface area contributed by atoms with Crippen molar-refractivity contribution in [3.8, 4) is 0 Å². The maximum Gasteiger partial charge on any atom is 0.341 e. The third-order valence-corrected chi connectivity index (χ3v) is 3.02. The highest BCUT2D eigenvalue weighted by Crippen LogP contribution is 2.15. The summed E-state index contributed by atoms with van der Waals surface area (Å²) in [5.74, 6) is 0.891. The molecule has 1 rings (SSSR count). The number of carbonyl (C=O) groups is 1. The number of hydrogen-bond donors (Lipinski definition) is 1. The molecule has 1 aromatic heterocycles. The van der Waals surface area contributed by atoms with Crippen molar-refractivity contribution < 1.29 is 9.53 Å². The van der Waals surface area contributed by atoms with Gasteiger partial charge in [0.05, 0.1) is 6.61 Å². The predicted octanol–water partition coefficient (Wildman–Crippen LogP) is 3.11. The topological polar surface area (TPSA) is 51.2 Å². The second kappa shape index (κ2) is 7.69. The molecule has 0 fully saturated rings. The summed E-state index contributed by atoms with van der Waals surface area (Å²) in [6.07, 6.45) is 3.91. The number of carbonyl (C=O) groups excluding carboxylic acids is 1. The van der Waals surface area contributed by atoms with Crippen LogP contribution in [0.4, 0.5) is 5.82 Å². The van der Waals surface area contributed by atoms with Crippen molar-refractivity contribution in [3.63, 3.8) is 0 Å². The van der Waals surface area contributed by atoms with E-state index < -0.39 is 0 Å². The molecular formula is C14H22N2O2. The van der Waals surface area contributed by atoms with Gasteiger partial charge in [0, 0.05) is 12.7 Å². The molecule has 0 atom stereocenters. The Labute approximate surface area is 109 Å². The highest BCUT2D eigenvalue weighted by molar-refractivity contribution is 5.94. The van der Waals surface area contributed by atoms with Crippen LogP contribution in [-0.4, -0.2) is 24.1 Å². The van der Waals surface area contributed by atoms with Crippen molar-refractivity contribution in [2.24, 2.45) is 5.92 Å². The van der Waals surface area contributed by atoms with Gasteiger partial charge in [-0.2, -0.15) is 0 Å². The van der Waals surface area contributed by atoms with Crippen molar-refractivity contribution in [2.45, 2.75) is 33.6 Å². The van der Waals surface area contributed by atoms with Gasteiger partial charge in [-0.25, -0.2) is 9.78 Å². The Balaban J connectivity index is 2.73. The normalized spacial score (nSPS) is 10.4. The summed E-state index contributed by atoms with van der Waals surface area (Å²) in [7, 11) is 0. The number of ether oxygens (including phenoxy) is 1. The third kappa shape index (κ3) is 4.02. The van der Waals surface area contributed by atoms with Gasteiger partial charge in [-0.15, -0.1) is 0 Å². The molecule has 0 aliphatic heterocycles. The number of aromatic nitrogens is 1. The molecule has 0 amide bonds. The average Bonchev–Trinajstić information content (AvgIpc) is 2.40. The number of nitrogens with zero attached hydrogens (tertiary/aromatic N) is 1. The molecule has 0 aliphatic rings. The zero-order valence-corrected chi connectivity index (χ0v) is 11.4. The molecule has 1 aromatic rings. The number of nitrogens with one attached hydrogen (secondary N) is 1. The lowest BCUT2D eigenvalue weighted by atomic mass is 10.0. The minimum absolute atomic E-state index is 0.322. The number of anilines is 1. The van der Waals surface area contributed by atoms with E-state index in [0.29, 0.717) is 23.9 Å². The first kappa shape index (κ1) is 14.5. The van der Waals surface area contributed by atoms with Crippen LogP contribution < -0.4 is 5.32 Å². The van der Waals surface area contributed by atoms with Crippen molar-refractivity contribution in [1.29, 1.82) is 0 Å². The molecule has 1 N–H and O–H groups in total. The average molecular weight is 250 g/mol. The third-order valence-electron chi connectivity index (χ3n) is 3.02. The lowest BCUT2D eigenvalue weighted by molar-refractivity contribution is 0.0527. The number of pyridine rings is 1. The summed E-state index contributed by atoms with van der Waals surface area (Å²) < 4.78 is 5.01. The van der Waals surface area contributed by atoms with Gasteiger partial charge < -0.3 is 10.1 Å². The maximum atomic E-state index is 11.7. The summed E-state index contributed by atoms with van der Waals surface area (Å²) >= 11 is 0. The van der Waals surface area contributed by atoms with Crippen LogP contribution in [0.25, 0.3) is 0 Å². The van der Waals surface area contributed by atoms with E-state index in [4.69, 9.17) is 4.74 Å². The molecule has 0 unspecified atom stereocenters. The summed E-state index contributed by atoms with van der Waals surface area (Å²) in [5.41, 5.74) is 0.505. The molecule has 0 radical (unpaired) electrons. The summed E-state index contributed by atoms with van der Waals surface area (Å²) in [5, 5.41) is 3.24. The van der Waals surface area contributed by atoms with E-state index in [1.807, 2.05) is 0 Å². The number of esters is 1. The minimum atomic E-state index is -0.322. The van der Waals surface area contributed by atoms with Crippen LogP contribution in [0, 0.1) is 5.92 Å². The molecule has 0 saturated carbocycles. The van der Waals surface area contributed by atoms with Crippen molar-refractivity contribution in [2.75, 3.05) is 18.5 Å². The SMILES string of the molecule is CCOC(=O)c1cccnc1NCC(CC)CC. The van der Waals surface area contributed by atoms with Crippen LogP contribution in [-0.2, 0) is 4.74 Å². The molecule has 0 spiro atoms. The Morgan fingerprint density at radius 3 is 2.72 bits per heavy atom. The molecular weight excluding hydrogens is 228 g/mol. The van der Waals surface area contributed by atoms with E-state index in [1.165, 1.54) is 0 Å². The van der Waals surface area contributed by atoms with Gasteiger partial charge in [0.25, 0.3) is 0 Å². The van der Waals surface area contributed by atoms with Gasteiger partial charge in [0.15, 0.2) is 0 Å². The monoisotopic (exact) mass is 250 g/mol. The predicted molar refractivity (Wildman–Crippen MR) is 72.8 cm³/mol. The van der Waals surface area contributed by atoms with Crippen molar-refractivity contribution >= 4 is 11.8 Å². The van der Waals surface area contributed by atoms with E-state index in [0.717, 1.165) is 19.4 Å². The van der Waals surface area contributed by atoms with Crippen LogP contribution in [0.15, 0.2) is 18.3 Å². The largest absolute Gasteiger partial charge is 0.462 e. The van der Waals surface area contributed by atoms with Crippen molar-refractivity contribution in [1.82, 2.24) is 4.98 Å². The van der Waals surface area contributed by atoms with Crippen LogP contribution >= 0.6 is 0 Å². The fraction of sp³-hybridized carbons (Fsp3) is 0.571. The van der Waals surface area contributed by atoms with Crippen LogP contribution in [0.1, 0.15) is 44.0 Å². The molecule has 0 saturated heterocycles. The zero-order valence-electron chi connectivity index (χ0n) is 11.4. The number of hydrogen-bond acceptors (Lipinski definition) is 4. The van der Waals surface area contributed by atoms with Gasteiger partial charge in [-0.1, -0.05) is 26.7 Å². The second-order valence-corrected chi connectivity index (χ2v) is 4.18. The smallest absolute Gasteiger partial charge is 0.341 e. The Kier molecular flexibility index (Phi) is 6.19. The Bertz CT molecular complexity index is 376. The lowest BCUT2D eigenvalue weighted by Gasteiger charge is -2.15. The van der Waals surface area contributed by atoms with Crippen LogP contribution in [0.2, 0.25) is 0 Å².